The van der Waals surface area contributed by atoms with Gasteiger partial charge < -0.3 is 9.90 Å². The summed E-state index contributed by atoms with van der Waals surface area (Å²) in [5, 5.41) is 8.21. The maximum atomic E-state index is 12.8. The molecule has 4 heteroatoms. The summed E-state index contributed by atoms with van der Waals surface area (Å²) in [6.07, 6.45) is 0.856. The highest BCUT2D eigenvalue weighted by Gasteiger charge is 2.06. The van der Waals surface area contributed by atoms with Gasteiger partial charge in [-0.2, -0.15) is 0 Å². The second-order valence-electron chi connectivity index (χ2n) is 2.64. The Labute approximate surface area is 80.0 Å². The third kappa shape index (κ3) is 2.70. The highest BCUT2D eigenvalue weighted by atomic mass is 35.5. The fourth-order valence-corrected chi connectivity index (χ4v) is 1.13. The zero-order chi connectivity index (χ0) is 9.84. The molecule has 1 aromatic rings. The molecule has 0 saturated heterocycles. The number of phenols is 1. The predicted octanol–water partition coefficient (Wildman–Crippen LogP) is 1.88. The Morgan fingerprint density at radius 1 is 1.62 bits per heavy atom. The van der Waals surface area contributed by atoms with Gasteiger partial charge in [0.1, 0.15) is 6.29 Å². The Hall–Kier alpha value is -1.09. The van der Waals surface area contributed by atoms with Crippen LogP contribution in [0.3, 0.4) is 0 Å². The maximum Gasteiger partial charge on any atom is 0.165 e. The van der Waals surface area contributed by atoms with E-state index < -0.39 is 16.9 Å². The Kier molecular flexibility index (Phi) is 3.25. The Balaban J connectivity index is 2.79. The van der Waals surface area contributed by atoms with Crippen molar-refractivity contribution in [3.05, 3.63) is 29.6 Å². The molecule has 0 bridgehead atoms. The van der Waals surface area contributed by atoms with Gasteiger partial charge in [0.25, 0.3) is 0 Å². The first-order valence-electron chi connectivity index (χ1n) is 3.70. The van der Waals surface area contributed by atoms with Gasteiger partial charge in [0, 0.05) is 0 Å². The third-order valence-corrected chi connectivity index (χ3v) is 1.85. The number of rotatable bonds is 3. The van der Waals surface area contributed by atoms with Crippen molar-refractivity contribution in [2.75, 3.05) is 0 Å². The number of benzene rings is 1. The second-order valence-corrected chi connectivity index (χ2v) is 3.20. The fourth-order valence-electron chi connectivity index (χ4n) is 0.951. The van der Waals surface area contributed by atoms with Crippen molar-refractivity contribution in [2.24, 2.45) is 0 Å². The van der Waals surface area contributed by atoms with Crippen molar-refractivity contribution >= 4 is 17.9 Å². The fraction of sp³-hybridized carbons (Fsp3) is 0.222. The van der Waals surface area contributed by atoms with E-state index in [2.05, 4.69) is 0 Å². The number of carbonyl (C=O) groups excluding carboxylic acids is 1. The van der Waals surface area contributed by atoms with E-state index in [-0.39, 0.29) is 6.42 Å². The van der Waals surface area contributed by atoms with E-state index in [1.807, 2.05) is 0 Å². The van der Waals surface area contributed by atoms with E-state index in [1.54, 1.807) is 0 Å². The number of hydrogen-bond acceptors (Lipinski definition) is 2. The molecule has 2 nitrogen and oxygen atoms in total. The summed E-state index contributed by atoms with van der Waals surface area (Å²) in [6.45, 7) is 0. The van der Waals surface area contributed by atoms with Crippen LogP contribution in [0.4, 0.5) is 4.39 Å². The van der Waals surface area contributed by atoms with Crippen LogP contribution in [0, 0.1) is 5.82 Å². The van der Waals surface area contributed by atoms with Crippen LogP contribution in [0.15, 0.2) is 18.2 Å². The highest BCUT2D eigenvalue weighted by Crippen LogP contribution is 2.17. The molecule has 13 heavy (non-hydrogen) atoms. The number of phenolic OH excluding ortho intramolecular Hbond substituents is 1. The van der Waals surface area contributed by atoms with Crippen LogP contribution in [-0.4, -0.2) is 16.8 Å². The van der Waals surface area contributed by atoms with Crippen molar-refractivity contribution in [3.8, 4) is 5.75 Å². The van der Waals surface area contributed by atoms with Crippen molar-refractivity contribution in [2.45, 2.75) is 11.8 Å². The summed E-state index contributed by atoms with van der Waals surface area (Å²) >= 11 is 5.54. The minimum atomic E-state index is -0.702. The lowest BCUT2D eigenvalue weighted by Gasteiger charge is -2.02. The molecule has 0 fully saturated rings. The van der Waals surface area contributed by atoms with Gasteiger partial charge in [-0.1, -0.05) is 6.07 Å². The van der Waals surface area contributed by atoms with E-state index >= 15 is 0 Å². The molecule has 1 rings (SSSR count). The average Bonchev–Trinajstić information content (AvgIpc) is 2.11. The van der Waals surface area contributed by atoms with Crippen LogP contribution in [0.5, 0.6) is 5.75 Å². The molecule has 0 aliphatic rings. The number of alkyl halides is 1. The standard InChI is InChI=1S/C9H8ClFO2/c10-7(5-12)3-6-1-2-9(13)8(11)4-6/h1-2,4-5,7,13H,3H2. The van der Waals surface area contributed by atoms with Crippen LogP contribution >= 0.6 is 11.6 Å². The predicted molar refractivity (Wildman–Crippen MR) is 47.5 cm³/mol. The van der Waals surface area contributed by atoms with Gasteiger partial charge in [-0.05, 0) is 24.1 Å². The minimum absolute atomic E-state index is 0.266. The summed E-state index contributed by atoms with van der Waals surface area (Å²) in [6, 6.07) is 3.92. The van der Waals surface area contributed by atoms with Gasteiger partial charge in [0.2, 0.25) is 0 Å². The van der Waals surface area contributed by atoms with Gasteiger partial charge in [0.05, 0.1) is 5.38 Å². The number of aldehydes is 1. The van der Waals surface area contributed by atoms with Gasteiger partial charge in [-0.15, -0.1) is 11.6 Å². The first kappa shape index (κ1) is 9.99. The zero-order valence-corrected chi connectivity index (χ0v) is 7.46. The first-order valence-corrected chi connectivity index (χ1v) is 4.14. The molecule has 1 unspecified atom stereocenters. The molecule has 0 heterocycles. The minimum Gasteiger partial charge on any atom is -0.505 e. The molecule has 0 aromatic heterocycles. The van der Waals surface area contributed by atoms with E-state index in [4.69, 9.17) is 16.7 Å². The molecule has 1 aromatic carbocycles. The molecule has 1 atom stereocenters. The topological polar surface area (TPSA) is 37.3 Å². The Bertz CT molecular complexity index is 314. The number of carbonyl (C=O) groups is 1. The average molecular weight is 203 g/mol. The van der Waals surface area contributed by atoms with Gasteiger partial charge in [0.15, 0.2) is 11.6 Å². The molecular weight excluding hydrogens is 195 g/mol. The third-order valence-electron chi connectivity index (χ3n) is 1.59. The smallest absolute Gasteiger partial charge is 0.165 e. The lowest BCUT2D eigenvalue weighted by molar-refractivity contribution is -0.107. The Morgan fingerprint density at radius 2 is 2.31 bits per heavy atom. The summed E-state index contributed by atoms with van der Waals surface area (Å²) < 4.78 is 12.8. The normalized spacial score (nSPS) is 12.5. The number of hydrogen-bond donors (Lipinski definition) is 1. The van der Waals surface area contributed by atoms with Crippen LogP contribution in [-0.2, 0) is 11.2 Å². The summed E-state index contributed by atoms with van der Waals surface area (Å²) in [5.74, 6) is -1.10. The van der Waals surface area contributed by atoms with Crippen LogP contribution in [0.2, 0.25) is 0 Å². The lowest BCUT2D eigenvalue weighted by Crippen LogP contribution is -2.04. The summed E-state index contributed by atoms with van der Waals surface area (Å²) in [7, 11) is 0. The summed E-state index contributed by atoms with van der Waals surface area (Å²) in [5.41, 5.74) is 0.586. The van der Waals surface area contributed by atoms with E-state index in [1.165, 1.54) is 12.1 Å². The van der Waals surface area contributed by atoms with Crippen molar-refractivity contribution < 1.29 is 14.3 Å². The molecule has 0 saturated carbocycles. The van der Waals surface area contributed by atoms with Crippen LogP contribution in [0.25, 0.3) is 0 Å². The van der Waals surface area contributed by atoms with E-state index in [0.29, 0.717) is 11.8 Å². The van der Waals surface area contributed by atoms with Gasteiger partial charge >= 0.3 is 0 Å². The molecule has 0 aliphatic carbocycles. The van der Waals surface area contributed by atoms with Crippen molar-refractivity contribution in [3.63, 3.8) is 0 Å². The lowest BCUT2D eigenvalue weighted by atomic mass is 10.1. The monoisotopic (exact) mass is 202 g/mol. The molecule has 0 aliphatic heterocycles. The number of halogens is 2. The maximum absolute atomic E-state index is 12.8. The SMILES string of the molecule is O=CC(Cl)Cc1ccc(O)c(F)c1. The van der Waals surface area contributed by atoms with E-state index in [9.17, 15) is 9.18 Å². The second kappa shape index (κ2) is 4.23. The molecule has 1 N–H and O–H groups in total. The zero-order valence-electron chi connectivity index (χ0n) is 6.71. The first-order chi connectivity index (χ1) is 6.13. The quantitative estimate of drug-likeness (QED) is 0.600. The molecule has 70 valence electrons. The van der Waals surface area contributed by atoms with Gasteiger partial charge in [-0.3, -0.25) is 0 Å². The molecule has 0 spiro atoms. The highest BCUT2D eigenvalue weighted by molar-refractivity contribution is 6.27. The van der Waals surface area contributed by atoms with Gasteiger partial charge in [-0.25, -0.2) is 4.39 Å². The summed E-state index contributed by atoms with van der Waals surface area (Å²) in [4.78, 5) is 10.2. The van der Waals surface area contributed by atoms with Crippen molar-refractivity contribution in [1.82, 2.24) is 0 Å². The molecule has 0 radical (unpaired) electrons. The van der Waals surface area contributed by atoms with Crippen LogP contribution in [0.1, 0.15) is 5.56 Å². The van der Waals surface area contributed by atoms with E-state index in [0.717, 1.165) is 6.07 Å². The number of aromatic hydroxyl groups is 1. The molecular formula is C9H8ClFO2. The Morgan fingerprint density at radius 3 is 2.85 bits per heavy atom. The van der Waals surface area contributed by atoms with Crippen molar-refractivity contribution in [1.29, 1.82) is 0 Å². The molecule has 0 amide bonds. The largest absolute Gasteiger partial charge is 0.505 e. The van der Waals surface area contributed by atoms with Crippen LogP contribution < -0.4 is 0 Å².